The van der Waals surface area contributed by atoms with Crippen molar-refractivity contribution in [2.75, 3.05) is 11.9 Å². The Balaban J connectivity index is 1.83. The summed E-state index contributed by atoms with van der Waals surface area (Å²) in [6, 6.07) is 7.18. The highest BCUT2D eigenvalue weighted by atomic mass is 32.1. The van der Waals surface area contributed by atoms with Gasteiger partial charge in [0.25, 0.3) is 5.91 Å². The number of hydrogen-bond donors (Lipinski definition) is 1. The Bertz CT molecular complexity index is 1010. The second-order valence-corrected chi connectivity index (χ2v) is 6.98. The van der Waals surface area contributed by atoms with Gasteiger partial charge in [-0.2, -0.15) is 0 Å². The molecule has 6 nitrogen and oxygen atoms in total. The summed E-state index contributed by atoms with van der Waals surface area (Å²) < 4.78 is 6.00. The third kappa shape index (κ3) is 3.57. The molecule has 1 N–H and O–H groups in total. The van der Waals surface area contributed by atoms with E-state index in [9.17, 15) is 9.59 Å². The molecule has 1 aromatic carbocycles. The highest BCUT2D eigenvalue weighted by Crippen LogP contribution is 2.29. The molecule has 0 aliphatic heterocycles. The first kappa shape index (κ1) is 18.0. The molecule has 0 aliphatic carbocycles. The van der Waals surface area contributed by atoms with E-state index in [1.54, 1.807) is 19.9 Å². The monoisotopic (exact) mass is 369 g/mol. The number of aromatic nitrogens is 2. The smallest absolute Gasteiger partial charge is 0.339 e. The first-order chi connectivity index (χ1) is 12.4. The highest BCUT2D eigenvalue weighted by Gasteiger charge is 2.16. The second kappa shape index (κ2) is 7.21. The minimum absolute atomic E-state index is 0.225. The Labute approximate surface area is 155 Å². The number of ether oxygens (including phenoxy) is 1. The maximum Gasteiger partial charge on any atom is 0.339 e. The van der Waals surface area contributed by atoms with Gasteiger partial charge in [0.05, 0.1) is 28.1 Å². The van der Waals surface area contributed by atoms with Crippen LogP contribution in [0, 0.1) is 20.8 Å². The zero-order valence-electron chi connectivity index (χ0n) is 15.0. The van der Waals surface area contributed by atoms with Crippen molar-refractivity contribution in [2.45, 2.75) is 27.7 Å². The maximum atomic E-state index is 12.5. The van der Waals surface area contributed by atoms with Crippen molar-refractivity contribution in [3.05, 3.63) is 52.3 Å². The van der Waals surface area contributed by atoms with Gasteiger partial charge in [-0.25, -0.2) is 14.8 Å². The number of pyridine rings is 1. The van der Waals surface area contributed by atoms with E-state index in [-0.39, 0.29) is 18.2 Å². The maximum absolute atomic E-state index is 12.5. The van der Waals surface area contributed by atoms with E-state index >= 15 is 0 Å². The lowest BCUT2D eigenvalue weighted by atomic mass is 10.1. The van der Waals surface area contributed by atoms with Gasteiger partial charge >= 0.3 is 5.97 Å². The standard InChI is InChI=1S/C19H19N3O3S/c1-5-25-18(24)13-6-7-14(20-12(13)4)17(23)22-19-21-16-11(3)8-10(2)9-15(16)26-19/h6-9H,5H2,1-4H3,(H,21,22,23). The second-order valence-electron chi connectivity index (χ2n) is 5.95. The Kier molecular flexibility index (Phi) is 4.99. The number of fused-ring (bicyclic) bond motifs is 1. The largest absolute Gasteiger partial charge is 0.462 e. The molecule has 3 aromatic rings. The number of aryl methyl sites for hydroxylation is 3. The molecule has 1 amide bonds. The van der Waals surface area contributed by atoms with E-state index in [0.717, 1.165) is 21.3 Å². The molecule has 3 rings (SSSR count). The third-order valence-corrected chi connectivity index (χ3v) is 4.78. The first-order valence-electron chi connectivity index (χ1n) is 8.23. The van der Waals surface area contributed by atoms with Crippen molar-refractivity contribution in [1.82, 2.24) is 9.97 Å². The van der Waals surface area contributed by atoms with Crippen molar-refractivity contribution in [2.24, 2.45) is 0 Å². The fourth-order valence-electron chi connectivity index (χ4n) is 2.70. The van der Waals surface area contributed by atoms with Gasteiger partial charge < -0.3 is 4.74 Å². The van der Waals surface area contributed by atoms with Crippen molar-refractivity contribution in [3.63, 3.8) is 0 Å². The van der Waals surface area contributed by atoms with Gasteiger partial charge in [-0.3, -0.25) is 10.1 Å². The Morgan fingerprint density at radius 1 is 1.15 bits per heavy atom. The van der Waals surface area contributed by atoms with Crippen LogP contribution in [0.4, 0.5) is 5.13 Å². The average molecular weight is 369 g/mol. The van der Waals surface area contributed by atoms with Gasteiger partial charge in [0.1, 0.15) is 5.69 Å². The lowest BCUT2D eigenvalue weighted by Crippen LogP contribution is -2.16. The van der Waals surface area contributed by atoms with Crippen molar-refractivity contribution in [3.8, 4) is 0 Å². The zero-order chi connectivity index (χ0) is 18.8. The van der Waals surface area contributed by atoms with E-state index in [1.165, 1.54) is 17.4 Å². The van der Waals surface area contributed by atoms with Crippen LogP contribution in [0.3, 0.4) is 0 Å². The molecule has 0 fully saturated rings. The molecule has 26 heavy (non-hydrogen) atoms. The SMILES string of the molecule is CCOC(=O)c1ccc(C(=O)Nc2nc3c(C)cc(C)cc3s2)nc1C. The number of anilines is 1. The molecule has 134 valence electrons. The number of carbonyl (C=O) groups excluding carboxylic acids is 2. The van der Waals surface area contributed by atoms with E-state index < -0.39 is 5.97 Å². The first-order valence-corrected chi connectivity index (χ1v) is 9.04. The molecule has 2 aromatic heterocycles. The molecular weight excluding hydrogens is 350 g/mol. The number of thiazole rings is 1. The summed E-state index contributed by atoms with van der Waals surface area (Å²) in [5, 5.41) is 3.31. The summed E-state index contributed by atoms with van der Waals surface area (Å²) in [5.74, 6) is -0.807. The van der Waals surface area contributed by atoms with E-state index in [4.69, 9.17) is 4.74 Å². The Hall–Kier alpha value is -2.80. The number of carbonyl (C=O) groups is 2. The van der Waals surface area contributed by atoms with Crippen LogP contribution in [0.1, 0.15) is 44.6 Å². The van der Waals surface area contributed by atoms with Crippen LogP contribution < -0.4 is 5.32 Å². The predicted octanol–water partition coefficient (Wildman–Crippen LogP) is 4.05. The van der Waals surface area contributed by atoms with Gasteiger partial charge in [-0.1, -0.05) is 17.4 Å². The minimum Gasteiger partial charge on any atom is -0.462 e. The topological polar surface area (TPSA) is 81.2 Å². The summed E-state index contributed by atoms with van der Waals surface area (Å²) in [6.45, 7) is 7.73. The molecule has 0 unspecified atom stereocenters. The zero-order valence-corrected chi connectivity index (χ0v) is 15.9. The molecule has 0 saturated heterocycles. The molecule has 0 spiro atoms. The molecule has 0 aliphatic rings. The number of esters is 1. The van der Waals surface area contributed by atoms with Crippen LogP contribution in [0.15, 0.2) is 24.3 Å². The van der Waals surface area contributed by atoms with Gasteiger partial charge in [0.15, 0.2) is 5.13 Å². The van der Waals surface area contributed by atoms with Crippen molar-refractivity contribution >= 4 is 38.6 Å². The van der Waals surface area contributed by atoms with Gasteiger partial charge in [0.2, 0.25) is 0 Å². The van der Waals surface area contributed by atoms with E-state index in [2.05, 4.69) is 21.4 Å². The number of benzene rings is 1. The van der Waals surface area contributed by atoms with Gasteiger partial charge in [0, 0.05) is 0 Å². The Morgan fingerprint density at radius 3 is 2.62 bits per heavy atom. The molecular formula is C19H19N3O3S. The van der Waals surface area contributed by atoms with Crippen LogP contribution in [0.2, 0.25) is 0 Å². The van der Waals surface area contributed by atoms with Crippen molar-refractivity contribution < 1.29 is 14.3 Å². The number of amides is 1. The molecule has 0 bridgehead atoms. The lowest BCUT2D eigenvalue weighted by molar-refractivity contribution is 0.0524. The summed E-state index contributed by atoms with van der Waals surface area (Å²) >= 11 is 1.42. The summed E-state index contributed by atoms with van der Waals surface area (Å²) in [6.07, 6.45) is 0. The Morgan fingerprint density at radius 2 is 1.92 bits per heavy atom. The lowest BCUT2D eigenvalue weighted by Gasteiger charge is -2.07. The predicted molar refractivity (Wildman–Crippen MR) is 102 cm³/mol. The van der Waals surface area contributed by atoms with E-state index in [0.29, 0.717) is 16.4 Å². The van der Waals surface area contributed by atoms with Crippen LogP contribution in [0.5, 0.6) is 0 Å². The van der Waals surface area contributed by atoms with Crippen LogP contribution in [-0.2, 0) is 4.74 Å². The van der Waals surface area contributed by atoms with Crippen molar-refractivity contribution in [1.29, 1.82) is 0 Å². The number of nitrogens with one attached hydrogen (secondary N) is 1. The van der Waals surface area contributed by atoms with Gasteiger partial charge in [-0.05, 0) is 57.0 Å². The molecule has 7 heteroatoms. The third-order valence-electron chi connectivity index (χ3n) is 3.86. The van der Waals surface area contributed by atoms with Crippen LogP contribution in [-0.4, -0.2) is 28.5 Å². The van der Waals surface area contributed by atoms with E-state index in [1.807, 2.05) is 19.9 Å². The highest BCUT2D eigenvalue weighted by molar-refractivity contribution is 7.22. The fourth-order valence-corrected chi connectivity index (χ4v) is 3.73. The molecule has 0 saturated carbocycles. The summed E-state index contributed by atoms with van der Waals surface area (Å²) in [7, 11) is 0. The number of rotatable bonds is 4. The molecule has 0 radical (unpaired) electrons. The molecule has 2 heterocycles. The van der Waals surface area contributed by atoms with Gasteiger partial charge in [-0.15, -0.1) is 0 Å². The minimum atomic E-state index is -0.443. The molecule has 0 atom stereocenters. The number of nitrogens with zero attached hydrogens (tertiary/aromatic N) is 2. The quantitative estimate of drug-likeness (QED) is 0.702. The summed E-state index contributed by atoms with van der Waals surface area (Å²) in [4.78, 5) is 33.0. The fraction of sp³-hybridized carbons (Fsp3) is 0.263. The summed E-state index contributed by atoms with van der Waals surface area (Å²) in [5.41, 5.74) is 4.15. The van der Waals surface area contributed by atoms with Crippen LogP contribution >= 0.6 is 11.3 Å². The number of hydrogen-bond acceptors (Lipinski definition) is 6. The average Bonchev–Trinajstić information content (AvgIpc) is 2.97. The normalized spacial score (nSPS) is 10.8. The van der Waals surface area contributed by atoms with Crippen LogP contribution in [0.25, 0.3) is 10.2 Å².